The van der Waals surface area contributed by atoms with Crippen LogP contribution in [0.25, 0.3) is 0 Å². The maximum atomic E-state index is 5.68. The molecule has 2 rings (SSSR count). The van der Waals surface area contributed by atoms with Crippen molar-refractivity contribution < 1.29 is 4.74 Å². The van der Waals surface area contributed by atoms with Crippen molar-refractivity contribution in [3.05, 3.63) is 16.1 Å². The van der Waals surface area contributed by atoms with E-state index in [0.717, 1.165) is 36.9 Å². The highest BCUT2D eigenvalue weighted by molar-refractivity contribution is 7.09. The molecule has 5 heteroatoms. The van der Waals surface area contributed by atoms with Gasteiger partial charge in [-0.15, -0.1) is 11.3 Å². The molecule has 0 bridgehead atoms. The third-order valence-electron chi connectivity index (χ3n) is 2.66. The van der Waals surface area contributed by atoms with Gasteiger partial charge in [0.15, 0.2) is 0 Å². The van der Waals surface area contributed by atoms with Gasteiger partial charge in [0.1, 0.15) is 5.01 Å². The molecule has 0 atom stereocenters. The van der Waals surface area contributed by atoms with Crippen molar-refractivity contribution in [1.29, 1.82) is 0 Å². The number of morpholine rings is 1. The van der Waals surface area contributed by atoms with E-state index in [1.165, 1.54) is 0 Å². The predicted molar refractivity (Wildman–Crippen MR) is 65.3 cm³/mol. The van der Waals surface area contributed by atoms with Crippen molar-refractivity contribution in [2.45, 2.75) is 32.5 Å². The number of nitrogens with zero attached hydrogens (tertiary/aromatic N) is 2. The molecule has 0 aliphatic carbocycles. The number of nitrogens with two attached hydrogens (primary N) is 1. The highest BCUT2D eigenvalue weighted by Crippen LogP contribution is 2.19. The Morgan fingerprint density at radius 3 is 3.06 bits per heavy atom. The second kappa shape index (κ2) is 4.79. The molecule has 1 aliphatic rings. The van der Waals surface area contributed by atoms with Crippen molar-refractivity contribution in [3.8, 4) is 0 Å². The van der Waals surface area contributed by atoms with Gasteiger partial charge in [0.25, 0.3) is 0 Å². The first-order chi connectivity index (χ1) is 7.59. The molecule has 1 aromatic rings. The van der Waals surface area contributed by atoms with Crippen molar-refractivity contribution in [1.82, 2.24) is 9.88 Å². The average Bonchev–Trinajstić information content (AvgIpc) is 2.64. The van der Waals surface area contributed by atoms with Gasteiger partial charge in [-0.2, -0.15) is 0 Å². The van der Waals surface area contributed by atoms with Gasteiger partial charge in [-0.25, -0.2) is 4.98 Å². The van der Waals surface area contributed by atoms with E-state index in [-0.39, 0.29) is 5.60 Å². The molecule has 2 heterocycles. The standard InChI is InChI=1S/C11H19N3OS/c1-11(2)8-14(3-4-15-11)6-9-7-16-10(5-12)13-9/h7H,3-6,8,12H2,1-2H3. The number of thiazole rings is 1. The fourth-order valence-corrected chi connectivity index (χ4v) is 2.66. The van der Waals surface area contributed by atoms with Gasteiger partial charge >= 0.3 is 0 Å². The SMILES string of the molecule is CC1(C)CN(Cc2csc(CN)n2)CCO1. The van der Waals surface area contributed by atoms with Crippen LogP contribution >= 0.6 is 11.3 Å². The topological polar surface area (TPSA) is 51.4 Å². The molecule has 0 aromatic carbocycles. The summed E-state index contributed by atoms with van der Waals surface area (Å²) in [5.74, 6) is 0. The lowest BCUT2D eigenvalue weighted by Gasteiger charge is -2.37. The fraction of sp³-hybridized carbons (Fsp3) is 0.727. The van der Waals surface area contributed by atoms with Crippen LogP contribution in [0.1, 0.15) is 24.5 Å². The largest absolute Gasteiger partial charge is 0.373 e. The molecule has 0 spiro atoms. The third-order valence-corrected chi connectivity index (χ3v) is 3.58. The zero-order chi connectivity index (χ0) is 11.6. The molecule has 0 radical (unpaired) electrons. The molecular formula is C11H19N3OS. The summed E-state index contributed by atoms with van der Waals surface area (Å²) in [6, 6.07) is 0. The Hall–Kier alpha value is -0.490. The van der Waals surface area contributed by atoms with Crippen LogP contribution in [0, 0.1) is 0 Å². The molecule has 0 amide bonds. The molecule has 1 fully saturated rings. The van der Waals surface area contributed by atoms with Crippen LogP contribution in [0.5, 0.6) is 0 Å². The van der Waals surface area contributed by atoms with Crippen LogP contribution in [0.2, 0.25) is 0 Å². The molecule has 1 aromatic heterocycles. The third kappa shape index (κ3) is 3.01. The van der Waals surface area contributed by atoms with Crippen molar-refractivity contribution in [3.63, 3.8) is 0 Å². The van der Waals surface area contributed by atoms with E-state index in [9.17, 15) is 0 Å². The Morgan fingerprint density at radius 2 is 2.44 bits per heavy atom. The minimum Gasteiger partial charge on any atom is -0.373 e. The van der Waals surface area contributed by atoms with Crippen LogP contribution < -0.4 is 5.73 Å². The Bertz CT molecular complexity index is 351. The molecule has 1 saturated heterocycles. The van der Waals surface area contributed by atoms with Gasteiger partial charge in [0.05, 0.1) is 17.9 Å². The zero-order valence-corrected chi connectivity index (χ0v) is 10.7. The summed E-state index contributed by atoms with van der Waals surface area (Å²) in [5.41, 5.74) is 6.64. The van der Waals surface area contributed by atoms with Crippen LogP contribution in [-0.4, -0.2) is 35.2 Å². The molecular weight excluding hydrogens is 222 g/mol. The summed E-state index contributed by atoms with van der Waals surface area (Å²) < 4.78 is 5.68. The first-order valence-corrected chi connectivity index (χ1v) is 6.47. The van der Waals surface area contributed by atoms with Crippen molar-refractivity contribution >= 4 is 11.3 Å². The van der Waals surface area contributed by atoms with E-state index in [1.807, 2.05) is 0 Å². The van der Waals surface area contributed by atoms with Crippen molar-refractivity contribution in [2.24, 2.45) is 5.73 Å². The summed E-state index contributed by atoms with van der Waals surface area (Å²) in [4.78, 5) is 6.87. The normalized spacial score (nSPS) is 21.2. The highest BCUT2D eigenvalue weighted by atomic mass is 32.1. The second-order valence-electron chi connectivity index (χ2n) is 4.76. The molecule has 2 N–H and O–H groups in total. The van der Waals surface area contributed by atoms with Crippen LogP contribution in [0.3, 0.4) is 0 Å². The maximum Gasteiger partial charge on any atom is 0.106 e. The summed E-state index contributed by atoms with van der Waals surface area (Å²) in [6.45, 7) is 8.46. The second-order valence-corrected chi connectivity index (χ2v) is 5.70. The smallest absolute Gasteiger partial charge is 0.106 e. The molecule has 90 valence electrons. The molecule has 0 unspecified atom stereocenters. The first kappa shape index (κ1) is 12.0. The number of hydrogen-bond acceptors (Lipinski definition) is 5. The van der Waals surface area contributed by atoms with Gasteiger partial charge in [-0.3, -0.25) is 4.90 Å². The van der Waals surface area contributed by atoms with Crippen LogP contribution in [-0.2, 0) is 17.8 Å². The number of rotatable bonds is 3. The minimum atomic E-state index is -0.0367. The lowest BCUT2D eigenvalue weighted by molar-refractivity contribution is -0.0884. The Kier molecular flexibility index (Phi) is 3.59. The fourth-order valence-electron chi connectivity index (χ4n) is 1.99. The van der Waals surface area contributed by atoms with E-state index in [4.69, 9.17) is 10.5 Å². The van der Waals surface area contributed by atoms with E-state index < -0.39 is 0 Å². The Balaban J connectivity index is 1.94. The van der Waals surface area contributed by atoms with E-state index in [2.05, 4.69) is 29.1 Å². The van der Waals surface area contributed by atoms with Gasteiger partial charge in [0, 0.05) is 31.6 Å². The lowest BCUT2D eigenvalue weighted by Crippen LogP contribution is -2.47. The monoisotopic (exact) mass is 241 g/mol. The van der Waals surface area contributed by atoms with E-state index in [0.29, 0.717) is 6.54 Å². The lowest BCUT2D eigenvalue weighted by atomic mass is 10.1. The maximum absolute atomic E-state index is 5.68. The van der Waals surface area contributed by atoms with Gasteiger partial charge in [-0.1, -0.05) is 0 Å². The molecule has 1 aliphatic heterocycles. The predicted octanol–water partition coefficient (Wildman–Crippen LogP) is 1.21. The van der Waals surface area contributed by atoms with E-state index >= 15 is 0 Å². The number of aromatic nitrogens is 1. The van der Waals surface area contributed by atoms with Gasteiger partial charge < -0.3 is 10.5 Å². The van der Waals surface area contributed by atoms with E-state index in [1.54, 1.807) is 11.3 Å². The van der Waals surface area contributed by atoms with Gasteiger partial charge in [0.2, 0.25) is 0 Å². The molecule has 16 heavy (non-hydrogen) atoms. The summed E-state index contributed by atoms with van der Waals surface area (Å²) in [5, 5.41) is 3.12. The van der Waals surface area contributed by atoms with Crippen LogP contribution in [0.4, 0.5) is 0 Å². The van der Waals surface area contributed by atoms with Gasteiger partial charge in [-0.05, 0) is 13.8 Å². The Labute approximate surface area is 100 Å². The first-order valence-electron chi connectivity index (χ1n) is 5.59. The summed E-state index contributed by atoms with van der Waals surface area (Å²) >= 11 is 1.64. The Morgan fingerprint density at radius 1 is 1.62 bits per heavy atom. The summed E-state index contributed by atoms with van der Waals surface area (Å²) in [6.07, 6.45) is 0. The summed E-state index contributed by atoms with van der Waals surface area (Å²) in [7, 11) is 0. The average molecular weight is 241 g/mol. The molecule has 4 nitrogen and oxygen atoms in total. The minimum absolute atomic E-state index is 0.0367. The number of hydrogen-bond donors (Lipinski definition) is 1. The number of ether oxygens (including phenoxy) is 1. The highest BCUT2D eigenvalue weighted by Gasteiger charge is 2.27. The molecule has 0 saturated carbocycles. The quantitative estimate of drug-likeness (QED) is 0.864. The zero-order valence-electron chi connectivity index (χ0n) is 9.90. The van der Waals surface area contributed by atoms with Crippen LogP contribution in [0.15, 0.2) is 5.38 Å². The van der Waals surface area contributed by atoms with Crippen molar-refractivity contribution in [2.75, 3.05) is 19.7 Å².